The Kier molecular flexibility index (Phi) is 5.80. The lowest BCUT2D eigenvalue weighted by Crippen LogP contribution is -2.16. The first-order chi connectivity index (χ1) is 12.9. The molecule has 140 valence electrons. The molecule has 2 aromatic carbocycles. The van der Waals surface area contributed by atoms with E-state index in [-0.39, 0.29) is 5.41 Å². The maximum absolute atomic E-state index is 4.89. The van der Waals surface area contributed by atoms with Crippen LogP contribution in [-0.2, 0) is 11.8 Å². The van der Waals surface area contributed by atoms with E-state index in [0.717, 1.165) is 33.8 Å². The van der Waals surface area contributed by atoms with E-state index < -0.39 is 0 Å². The molecule has 0 saturated heterocycles. The number of anilines is 4. The molecule has 3 rings (SSSR count). The molecular formula is C22H25BrN4. The minimum absolute atomic E-state index is 0.0838. The van der Waals surface area contributed by atoms with Crippen LogP contribution in [0, 0.1) is 0 Å². The van der Waals surface area contributed by atoms with E-state index in [1.165, 1.54) is 5.56 Å². The van der Waals surface area contributed by atoms with Gasteiger partial charge >= 0.3 is 0 Å². The van der Waals surface area contributed by atoms with Crippen LogP contribution < -0.4 is 10.6 Å². The summed E-state index contributed by atoms with van der Waals surface area (Å²) in [7, 11) is 0. The van der Waals surface area contributed by atoms with Crippen molar-refractivity contribution in [3.63, 3.8) is 0 Å². The molecule has 0 atom stereocenters. The van der Waals surface area contributed by atoms with Gasteiger partial charge in [-0.2, -0.15) is 0 Å². The summed E-state index contributed by atoms with van der Waals surface area (Å²) in [5.74, 6) is 1.43. The number of aromatic nitrogens is 2. The van der Waals surface area contributed by atoms with Crippen molar-refractivity contribution >= 4 is 38.9 Å². The Bertz CT molecular complexity index is 917. The maximum atomic E-state index is 4.89. The highest BCUT2D eigenvalue weighted by Gasteiger charge is 2.19. The molecule has 0 amide bonds. The van der Waals surface area contributed by atoms with Crippen molar-refractivity contribution < 1.29 is 0 Å². The SMILES string of the molecule is CCc1ccc(Br)cc1Nc1nc(C(C)(C)C)cnc1Nc1ccccc1. The average molecular weight is 425 g/mol. The molecule has 2 N–H and O–H groups in total. The first kappa shape index (κ1) is 19.4. The van der Waals surface area contributed by atoms with Gasteiger partial charge < -0.3 is 10.6 Å². The van der Waals surface area contributed by atoms with E-state index in [2.05, 4.69) is 77.4 Å². The maximum Gasteiger partial charge on any atom is 0.174 e. The Morgan fingerprint density at radius 2 is 1.70 bits per heavy atom. The molecule has 1 heterocycles. The molecule has 3 aromatic rings. The number of nitrogens with one attached hydrogen (secondary N) is 2. The zero-order chi connectivity index (χ0) is 19.4. The summed E-state index contributed by atoms with van der Waals surface area (Å²) in [5, 5.41) is 6.88. The number of aryl methyl sites for hydroxylation is 1. The van der Waals surface area contributed by atoms with Crippen LogP contribution in [0.15, 0.2) is 59.2 Å². The number of hydrogen-bond acceptors (Lipinski definition) is 4. The van der Waals surface area contributed by atoms with Gasteiger partial charge in [0.2, 0.25) is 0 Å². The number of rotatable bonds is 5. The fraction of sp³-hybridized carbons (Fsp3) is 0.273. The molecule has 0 bridgehead atoms. The Labute approximate surface area is 169 Å². The largest absolute Gasteiger partial charge is 0.337 e. The molecule has 0 radical (unpaired) electrons. The summed E-state index contributed by atoms with van der Waals surface area (Å²) >= 11 is 3.57. The smallest absolute Gasteiger partial charge is 0.174 e. The van der Waals surface area contributed by atoms with Gasteiger partial charge in [0, 0.05) is 21.3 Å². The topological polar surface area (TPSA) is 49.8 Å². The number of hydrogen-bond donors (Lipinski definition) is 2. The predicted octanol–water partition coefficient (Wildman–Crippen LogP) is 6.59. The van der Waals surface area contributed by atoms with Gasteiger partial charge in [-0.3, -0.25) is 0 Å². The van der Waals surface area contributed by atoms with Gasteiger partial charge in [-0.05, 0) is 36.2 Å². The van der Waals surface area contributed by atoms with E-state index in [1.807, 2.05) is 36.5 Å². The lowest BCUT2D eigenvalue weighted by atomic mass is 9.93. The van der Waals surface area contributed by atoms with Gasteiger partial charge in [0.15, 0.2) is 11.6 Å². The molecule has 1 aromatic heterocycles. The van der Waals surface area contributed by atoms with Crippen LogP contribution in [0.25, 0.3) is 0 Å². The number of halogens is 1. The second-order valence-corrected chi connectivity index (χ2v) is 8.39. The molecular weight excluding hydrogens is 400 g/mol. The normalized spacial score (nSPS) is 11.3. The molecule has 27 heavy (non-hydrogen) atoms. The second-order valence-electron chi connectivity index (χ2n) is 7.47. The minimum atomic E-state index is -0.0838. The summed E-state index contributed by atoms with van der Waals surface area (Å²) in [6, 6.07) is 16.3. The van der Waals surface area contributed by atoms with Gasteiger partial charge in [0.25, 0.3) is 0 Å². The van der Waals surface area contributed by atoms with E-state index in [0.29, 0.717) is 5.82 Å². The van der Waals surface area contributed by atoms with E-state index in [9.17, 15) is 0 Å². The van der Waals surface area contributed by atoms with Crippen LogP contribution in [0.2, 0.25) is 0 Å². The van der Waals surface area contributed by atoms with Gasteiger partial charge in [-0.1, -0.05) is 67.9 Å². The van der Waals surface area contributed by atoms with Crippen molar-refractivity contribution in [2.24, 2.45) is 0 Å². The van der Waals surface area contributed by atoms with Crippen molar-refractivity contribution in [3.8, 4) is 0 Å². The zero-order valence-electron chi connectivity index (χ0n) is 16.2. The molecule has 5 heteroatoms. The standard InChI is InChI=1S/C22H25BrN4/c1-5-15-11-12-16(23)13-18(15)26-21-20(25-17-9-7-6-8-10-17)24-14-19(27-21)22(2,3)4/h6-14H,5H2,1-4H3,(H,24,25)(H,26,27). The Morgan fingerprint density at radius 3 is 2.37 bits per heavy atom. The quantitative estimate of drug-likeness (QED) is 0.484. The number of para-hydroxylation sites is 1. The van der Waals surface area contributed by atoms with Gasteiger partial charge in [-0.25, -0.2) is 9.97 Å². The minimum Gasteiger partial charge on any atom is -0.337 e. The third-order valence-corrected chi connectivity index (χ3v) is 4.78. The Morgan fingerprint density at radius 1 is 0.963 bits per heavy atom. The molecule has 0 unspecified atom stereocenters. The predicted molar refractivity (Wildman–Crippen MR) is 117 cm³/mol. The molecule has 0 aliphatic heterocycles. The lowest BCUT2D eigenvalue weighted by molar-refractivity contribution is 0.567. The molecule has 0 aliphatic rings. The van der Waals surface area contributed by atoms with E-state index >= 15 is 0 Å². The highest BCUT2D eigenvalue weighted by molar-refractivity contribution is 9.10. The fourth-order valence-electron chi connectivity index (χ4n) is 2.69. The highest BCUT2D eigenvalue weighted by atomic mass is 79.9. The summed E-state index contributed by atoms with van der Waals surface area (Å²) in [6.07, 6.45) is 2.78. The fourth-order valence-corrected chi connectivity index (χ4v) is 3.05. The van der Waals surface area contributed by atoms with Crippen molar-refractivity contribution in [1.82, 2.24) is 9.97 Å². The van der Waals surface area contributed by atoms with Gasteiger partial charge in [0.1, 0.15) is 0 Å². The molecule has 4 nitrogen and oxygen atoms in total. The number of benzene rings is 2. The Balaban J connectivity index is 2.03. The summed E-state index contributed by atoms with van der Waals surface area (Å²) in [4.78, 5) is 9.56. The monoisotopic (exact) mass is 424 g/mol. The molecule has 0 spiro atoms. The first-order valence-electron chi connectivity index (χ1n) is 9.12. The van der Waals surface area contributed by atoms with Crippen LogP contribution in [0.3, 0.4) is 0 Å². The van der Waals surface area contributed by atoms with Crippen LogP contribution in [-0.4, -0.2) is 9.97 Å². The van der Waals surface area contributed by atoms with Crippen LogP contribution >= 0.6 is 15.9 Å². The summed E-state index contributed by atoms with van der Waals surface area (Å²) in [5.41, 5.74) is 4.09. The number of nitrogens with zero attached hydrogens (tertiary/aromatic N) is 2. The van der Waals surface area contributed by atoms with Crippen molar-refractivity contribution in [3.05, 3.63) is 70.5 Å². The first-order valence-corrected chi connectivity index (χ1v) is 9.91. The van der Waals surface area contributed by atoms with Crippen LogP contribution in [0.4, 0.5) is 23.0 Å². The average Bonchev–Trinajstić information content (AvgIpc) is 2.63. The van der Waals surface area contributed by atoms with E-state index in [4.69, 9.17) is 4.98 Å². The molecule has 0 fully saturated rings. The zero-order valence-corrected chi connectivity index (χ0v) is 17.8. The highest BCUT2D eigenvalue weighted by Crippen LogP contribution is 2.31. The van der Waals surface area contributed by atoms with Crippen LogP contribution in [0.5, 0.6) is 0 Å². The summed E-state index contributed by atoms with van der Waals surface area (Å²) in [6.45, 7) is 8.57. The van der Waals surface area contributed by atoms with Gasteiger partial charge in [0.05, 0.1) is 11.9 Å². The lowest BCUT2D eigenvalue weighted by Gasteiger charge is -2.21. The van der Waals surface area contributed by atoms with Gasteiger partial charge in [-0.15, -0.1) is 0 Å². The van der Waals surface area contributed by atoms with Crippen molar-refractivity contribution in [2.75, 3.05) is 10.6 Å². The Hall–Kier alpha value is -2.40. The van der Waals surface area contributed by atoms with E-state index in [1.54, 1.807) is 0 Å². The molecule has 0 aliphatic carbocycles. The van der Waals surface area contributed by atoms with Crippen molar-refractivity contribution in [2.45, 2.75) is 39.5 Å². The third-order valence-electron chi connectivity index (χ3n) is 4.28. The third kappa shape index (κ3) is 4.86. The van der Waals surface area contributed by atoms with Crippen LogP contribution in [0.1, 0.15) is 39.0 Å². The van der Waals surface area contributed by atoms with Crippen molar-refractivity contribution in [1.29, 1.82) is 0 Å². The summed E-state index contributed by atoms with van der Waals surface area (Å²) < 4.78 is 1.03. The second kappa shape index (κ2) is 8.09. The molecule has 0 saturated carbocycles.